The highest BCUT2D eigenvalue weighted by Crippen LogP contribution is 2.19. The minimum absolute atomic E-state index is 0.0385. The second-order valence-corrected chi connectivity index (χ2v) is 6.26. The molecule has 126 valence electrons. The SMILES string of the molecule is CNC(=O)c1ccc(CN2CCC(CNc3ccccn3)C2)cc1. The number of nitrogens with one attached hydrogen (secondary N) is 2. The summed E-state index contributed by atoms with van der Waals surface area (Å²) in [5.74, 6) is 1.56. The molecule has 1 atom stereocenters. The zero-order valence-electron chi connectivity index (χ0n) is 14.0. The number of rotatable bonds is 6. The van der Waals surface area contributed by atoms with Crippen LogP contribution in [0.1, 0.15) is 22.3 Å². The second-order valence-electron chi connectivity index (χ2n) is 6.26. The number of hydrogen-bond donors (Lipinski definition) is 2. The predicted molar refractivity (Wildman–Crippen MR) is 95.9 cm³/mol. The summed E-state index contributed by atoms with van der Waals surface area (Å²) >= 11 is 0. The Morgan fingerprint density at radius 3 is 2.79 bits per heavy atom. The fraction of sp³-hybridized carbons (Fsp3) is 0.368. The fourth-order valence-corrected chi connectivity index (χ4v) is 3.10. The molecule has 24 heavy (non-hydrogen) atoms. The zero-order valence-corrected chi connectivity index (χ0v) is 14.0. The van der Waals surface area contributed by atoms with Crippen LogP contribution in [0.25, 0.3) is 0 Å². The van der Waals surface area contributed by atoms with Gasteiger partial charge in [0.1, 0.15) is 5.82 Å². The normalized spacial score (nSPS) is 17.6. The first kappa shape index (κ1) is 16.5. The average molecular weight is 324 g/mol. The van der Waals surface area contributed by atoms with Crippen molar-refractivity contribution in [3.8, 4) is 0 Å². The molecule has 1 amide bonds. The number of likely N-dealkylation sites (tertiary alicyclic amines) is 1. The third kappa shape index (κ3) is 4.32. The van der Waals surface area contributed by atoms with Gasteiger partial charge in [-0.25, -0.2) is 4.98 Å². The summed E-state index contributed by atoms with van der Waals surface area (Å²) in [4.78, 5) is 18.3. The van der Waals surface area contributed by atoms with Crippen LogP contribution in [0.2, 0.25) is 0 Å². The van der Waals surface area contributed by atoms with E-state index in [1.807, 2.05) is 48.7 Å². The molecular weight excluding hydrogens is 300 g/mol. The number of amides is 1. The van der Waals surface area contributed by atoms with Crippen LogP contribution in [0.5, 0.6) is 0 Å². The maximum absolute atomic E-state index is 11.6. The third-order valence-corrected chi connectivity index (χ3v) is 4.46. The third-order valence-electron chi connectivity index (χ3n) is 4.46. The van der Waals surface area contributed by atoms with Gasteiger partial charge in [0.2, 0.25) is 0 Å². The van der Waals surface area contributed by atoms with Crippen LogP contribution in [-0.2, 0) is 6.54 Å². The van der Waals surface area contributed by atoms with Crippen molar-refractivity contribution in [1.82, 2.24) is 15.2 Å². The minimum Gasteiger partial charge on any atom is -0.370 e. The van der Waals surface area contributed by atoms with Crippen molar-refractivity contribution in [2.75, 3.05) is 32.0 Å². The van der Waals surface area contributed by atoms with Crippen molar-refractivity contribution < 1.29 is 4.79 Å². The molecule has 1 fully saturated rings. The van der Waals surface area contributed by atoms with Crippen molar-refractivity contribution in [2.24, 2.45) is 5.92 Å². The molecule has 3 rings (SSSR count). The monoisotopic (exact) mass is 324 g/mol. The zero-order chi connectivity index (χ0) is 16.8. The molecule has 2 aromatic rings. The van der Waals surface area contributed by atoms with Crippen LogP contribution in [0.3, 0.4) is 0 Å². The van der Waals surface area contributed by atoms with Gasteiger partial charge in [-0.3, -0.25) is 9.69 Å². The van der Waals surface area contributed by atoms with E-state index in [2.05, 4.69) is 20.5 Å². The topological polar surface area (TPSA) is 57.3 Å². The Morgan fingerprint density at radius 2 is 2.08 bits per heavy atom. The Kier molecular flexibility index (Phi) is 5.43. The number of aromatic nitrogens is 1. The highest BCUT2D eigenvalue weighted by molar-refractivity contribution is 5.93. The molecule has 0 radical (unpaired) electrons. The van der Waals surface area contributed by atoms with Crippen molar-refractivity contribution >= 4 is 11.7 Å². The van der Waals surface area contributed by atoms with Gasteiger partial charge >= 0.3 is 0 Å². The summed E-state index contributed by atoms with van der Waals surface area (Å²) in [5, 5.41) is 6.06. The van der Waals surface area contributed by atoms with E-state index in [0.29, 0.717) is 11.5 Å². The Morgan fingerprint density at radius 1 is 1.25 bits per heavy atom. The molecule has 0 aliphatic carbocycles. The number of benzene rings is 1. The standard InChI is InChI=1S/C19H24N4O/c1-20-19(24)17-7-5-15(6-8-17)13-23-11-9-16(14-23)12-22-18-4-2-3-10-21-18/h2-8,10,16H,9,11-14H2,1H3,(H,20,24)(H,21,22). The summed E-state index contributed by atoms with van der Waals surface area (Å²) in [6, 6.07) is 13.8. The Labute approximate surface area is 143 Å². The molecule has 5 nitrogen and oxygen atoms in total. The van der Waals surface area contributed by atoms with Gasteiger partial charge in [-0.15, -0.1) is 0 Å². The molecule has 1 aliphatic rings. The molecule has 1 aromatic carbocycles. The highest BCUT2D eigenvalue weighted by Gasteiger charge is 2.22. The van der Waals surface area contributed by atoms with E-state index in [0.717, 1.165) is 32.0 Å². The minimum atomic E-state index is -0.0385. The number of nitrogens with zero attached hydrogens (tertiary/aromatic N) is 2. The first-order chi connectivity index (χ1) is 11.7. The molecule has 0 spiro atoms. The fourth-order valence-electron chi connectivity index (χ4n) is 3.10. The van der Waals surface area contributed by atoms with Crippen LogP contribution in [0, 0.1) is 5.92 Å². The van der Waals surface area contributed by atoms with Gasteiger partial charge in [0.05, 0.1) is 0 Å². The van der Waals surface area contributed by atoms with Gasteiger partial charge < -0.3 is 10.6 Å². The van der Waals surface area contributed by atoms with Crippen molar-refractivity contribution in [2.45, 2.75) is 13.0 Å². The Bertz CT molecular complexity index is 657. The lowest BCUT2D eigenvalue weighted by molar-refractivity contribution is 0.0963. The molecule has 1 saturated heterocycles. The second kappa shape index (κ2) is 7.93. The van der Waals surface area contributed by atoms with Gasteiger partial charge in [-0.2, -0.15) is 0 Å². The smallest absolute Gasteiger partial charge is 0.251 e. The van der Waals surface area contributed by atoms with E-state index in [-0.39, 0.29) is 5.91 Å². The number of hydrogen-bond acceptors (Lipinski definition) is 4. The maximum atomic E-state index is 11.6. The van der Waals surface area contributed by atoms with E-state index in [9.17, 15) is 4.79 Å². The van der Waals surface area contributed by atoms with Crippen LogP contribution >= 0.6 is 0 Å². The van der Waals surface area contributed by atoms with E-state index in [1.165, 1.54) is 12.0 Å². The Hall–Kier alpha value is -2.40. The molecule has 2 heterocycles. The largest absolute Gasteiger partial charge is 0.370 e. The van der Waals surface area contributed by atoms with Gasteiger partial charge in [0.15, 0.2) is 0 Å². The molecule has 1 aliphatic heterocycles. The van der Waals surface area contributed by atoms with Crippen LogP contribution in [-0.4, -0.2) is 42.5 Å². The lowest BCUT2D eigenvalue weighted by atomic mass is 10.1. The molecule has 0 saturated carbocycles. The van der Waals surface area contributed by atoms with Crippen molar-refractivity contribution in [3.63, 3.8) is 0 Å². The molecule has 5 heteroatoms. The van der Waals surface area contributed by atoms with Crippen LogP contribution in [0.4, 0.5) is 5.82 Å². The van der Waals surface area contributed by atoms with E-state index >= 15 is 0 Å². The first-order valence-corrected chi connectivity index (χ1v) is 8.43. The Balaban J connectivity index is 1.46. The molecule has 0 bridgehead atoms. The van der Waals surface area contributed by atoms with Crippen molar-refractivity contribution in [1.29, 1.82) is 0 Å². The van der Waals surface area contributed by atoms with Gasteiger partial charge in [0, 0.05) is 38.4 Å². The quantitative estimate of drug-likeness (QED) is 0.856. The van der Waals surface area contributed by atoms with Gasteiger partial charge in [-0.1, -0.05) is 18.2 Å². The molecule has 2 N–H and O–H groups in total. The lowest BCUT2D eigenvalue weighted by Crippen LogP contribution is -2.23. The number of anilines is 1. The molecular formula is C19H24N4O. The van der Waals surface area contributed by atoms with Crippen LogP contribution < -0.4 is 10.6 Å². The highest BCUT2D eigenvalue weighted by atomic mass is 16.1. The summed E-state index contributed by atoms with van der Waals surface area (Å²) in [6.07, 6.45) is 3.02. The summed E-state index contributed by atoms with van der Waals surface area (Å²) in [7, 11) is 1.65. The van der Waals surface area contributed by atoms with E-state index < -0.39 is 0 Å². The summed E-state index contributed by atoms with van der Waals surface area (Å²) in [6.45, 7) is 4.11. The number of carbonyl (C=O) groups excluding carboxylic acids is 1. The number of carbonyl (C=O) groups is 1. The molecule has 1 unspecified atom stereocenters. The summed E-state index contributed by atoms with van der Waals surface area (Å²) in [5.41, 5.74) is 1.96. The average Bonchev–Trinajstić information content (AvgIpc) is 3.08. The first-order valence-electron chi connectivity index (χ1n) is 8.43. The van der Waals surface area contributed by atoms with Gasteiger partial charge in [0.25, 0.3) is 5.91 Å². The van der Waals surface area contributed by atoms with Crippen LogP contribution in [0.15, 0.2) is 48.7 Å². The number of pyridine rings is 1. The summed E-state index contributed by atoms with van der Waals surface area (Å²) < 4.78 is 0. The molecule has 1 aromatic heterocycles. The predicted octanol–water partition coefficient (Wildman–Crippen LogP) is 2.38. The van der Waals surface area contributed by atoms with Gasteiger partial charge in [-0.05, 0) is 48.7 Å². The maximum Gasteiger partial charge on any atom is 0.251 e. The van der Waals surface area contributed by atoms with E-state index in [1.54, 1.807) is 7.05 Å². The van der Waals surface area contributed by atoms with Crippen molar-refractivity contribution in [3.05, 3.63) is 59.8 Å². The van der Waals surface area contributed by atoms with E-state index in [4.69, 9.17) is 0 Å². The lowest BCUT2D eigenvalue weighted by Gasteiger charge is -2.17.